The molecule has 3 aromatic rings. The molecule has 6 nitrogen and oxygen atoms in total. The molecule has 0 radical (unpaired) electrons. The van der Waals surface area contributed by atoms with E-state index in [4.69, 9.17) is 16.0 Å². The summed E-state index contributed by atoms with van der Waals surface area (Å²) in [5, 5.41) is 10.1. The third kappa shape index (κ3) is 4.22. The van der Waals surface area contributed by atoms with E-state index in [2.05, 4.69) is 47.6 Å². The fraction of sp³-hybridized carbons (Fsp3) is 0.263. The Labute approximate surface area is 196 Å². The predicted octanol–water partition coefficient (Wildman–Crippen LogP) is 6.88. The maximum absolute atomic E-state index is 13.8. The molecular formula is C19H14Br2ClF3N4O2. The van der Waals surface area contributed by atoms with E-state index in [0.29, 0.717) is 26.7 Å². The van der Waals surface area contributed by atoms with Crippen molar-refractivity contribution in [2.75, 3.05) is 10.6 Å². The number of carbonyl (C=O) groups excluding carboxylic acids is 1. The second-order valence-corrected chi connectivity index (χ2v) is 8.94. The van der Waals surface area contributed by atoms with Crippen molar-refractivity contribution in [2.24, 2.45) is 0 Å². The molecule has 2 aromatic heterocycles. The zero-order valence-corrected chi connectivity index (χ0v) is 19.7. The fourth-order valence-electron chi connectivity index (χ4n) is 3.36. The summed E-state index contributed by atoms with van der Waals surface area (Å²) in [7, 11) is 0. The summed E-state index contributed by atoms with van der Waals surface area (Å²) < 4.78 is 48.3. The van der Waals surface area contributed by atoms with Gasteiger partial charge in [0.25, 0.3) is 5.91 Å². The molecule has 0 aliphatic carbocycles. The monoisotopic (exact) mass is 580 g/mol. The molecule has 0 saturated heterocycles. The molecule has 1 aliphatic rings. The molecule has 1 amide bonds. The van der Waals surface area contributed by atoms with Crippen LogP contribution < -0.4 is 10.6 Å². The Hall–Kier alpha value is -1.98. The zero-order valence-electron chi connectivity index (χ0n) is 15.7. The number of hydrogen-bond donors (Lipinski definition) is 2. The SMILES string of the molecule is Cc1c(Cl)cccc1NC(=O)c1nn2c(c1Br)N[C@H](c1ccc(Br)o1)C[C@@H]2C(F)(F)F. The smallest absolute Gasteiger partial charge is 0.410 e. The topological polar surface area (TPSA) is 72.1 Å². The van der Waals surface area contributed by atoms with E-state index in [-0.39, 0.29) is 22.4 Å². The Kier molecular flexibility index (Phi) is 5.86. The minimum Gasteiger partial charge on any atom is -0.452 e. The lowest BCUT2D eigenvalue weighted by atomic mass is 10.0. The van der Waals surface area contributed by atoms with Crippen molar-refractivity contribution in [3.63, 3.8) is 0 Å². The van der Waals surface area contributed by atoms with Gasteiger partial charge >= 0.3 is 6.18 Å². The van der Waals surface area contributed by atoms with Crippen LogP contribution in [-0.2, 0) is 0 Å². The summed E-state index contributed by atoms with van der Waals surface area (Å²) >= 11 is 12.5. The van der Waals surface area contributed by atoms with E-state index in [1.807, 2.05) is 0 Å². The highest BCUT2D eigenvalue weighted by atomic mass is 79.9. The Morgan fingerprint density at radius 1 is 1.32 bits per heavy atom. The molecular weight excluding hydrogens is 568 g/mol. The van der Waals surface area contributed by atoms with Gasteiger partial charge in [-0.3, -0.25) is 4.79 Å². The van der Waals surface area contributed by atoms with E-state index in [9.17, 15) is 18.0 Å². The second kappa shape index (κ2) is 8.18. The second-order valence-electron chi connectivity index (χ2n) is 6.95. The maximum atomic E-state index is 13.8. The van der Waals surface area contributed by atoms with Gasteiger partial charge in [0.15, 0.2) is 16.4 Å². The lowest BCUT2D eigenvalue weighted by molar-refractivity contribution is -0.174. The molecule has 0 bridgehead atoms. The van der Waals surface area contributed by atoms with Crippen LogP contribution in [0.1, 0.15) is 40.3 Å². The highest BCUT2D eigenvalue weighted by molar-refractivity contribution is 9.10. The van der Waals surface area contributed by atoms with Crippen LogP contribution in [0, 0.1) is 6.92 Å². The van der Waals surface area contributed by atoms with Crippen molar-refractivity contribution in [3.05, 3.63) is 61.5 Å². The van der Waals surface area contributed by atoms with Crippen LogP contribution in [0.5, 0.6) is 0 Å². The first-order chi connectivity index (χ1) is 14.6. The first kappa shape index (κ1) is 22.2. The number of hydrogen-bond acceptors (Lipinski definition) is 4. The molecule has 12 heteroatoms. The van der Waals surface area contributed by atoms with Gasteiger partial charge in [-0.1, -0.05) is 17.7 Å². The van der Waals surface area contributed by atoms with Gasteiger partial charge in [-0.2, -0.15) is 18.3 Å². The number of anilines is 2. The molecule has 0 fully saturated rings. The number of fused-ring (bicyclic) bond motifs is 1. The molecule has 0 spiro atoms. The van der Waals surface area contributed by atoms with E-state index < -0.39 is 24.2 Å². The number of halogens is 6. The molecule has 2 N–H and O–H groups in total. The summed E-state index contributed by atoms with van der Waals surface area (Å²) in [6.07, 6.45) is -4.93. The molecule has 164 valence electrons. The quantitative estimate of drug-likeness (QED) is 0.354. The van der Waals surface area contributed by atoms with Gasteiger partial charge < -0.3 is 15.1 Å². The molecule has 0 unspecified atom stereocenters. The van der Waals surface area contributed by atoms with Crippen molar-refractivity contribution < 1.29 is 22.4 Å². The predicted molar refractivity (Wildman–Crippen MR) is 117 cm³/mol. The van der Waals surface area contributed by atoms with Crippen molar-refractivity contribution in [2.45, 2.75) is 31.6 Å². The van der Waals surface area contributed by atoms with Crippen LogP contribution in [0.4, 0.5) is 24.7 Å². The lowest BCUT2D eigenvalue weighted by Crippen LogP contribution is -2.35. The molecule has 2 atom stereocenters. The van der Waals surface area contributed by atoms with Gasteiger partial charge in [0.1, 0.15) is 11.6 Å². The fourth-order valence-corrected chi connectivity index (χ4v) is 4.41. The largest absolute Gasteiger partial charge is 0.452 e. The average Bonchev–Trinajstić information content (AvgIpc) is 3.27. The van der Waals surface area contributed by atoms with Crippen LogP contribution in [-0.4, -0.2) is 21.9 Å². The summed E-state index contributed by atoms with van der Waals surface area (Å²) in [5.74, 6) is -0.292. The lowest BCUT2D eigenvalue weighted by Gasteiger charge is -2.32. The normalized spacial score (nSPS) is 18.4. The number of alkyl halides is 3. The highest BCUT2D eigenvalue weighted by Gasteiger charge is 2.48. The van der Waals surface area contributed by atoms with E-state index in [0.717, 1.165) is 4.68 Å². The van der Waals surface area contributed by atoms with Crippen LogP contribution in [0.3, 0.4) is 0 Å². The molecule has 0 saturated carbocycles. The van der Waals surface area contributed by atoms with Crippen LogP contribution >= 0.6 is 43.5 Å². The Balaban J connectivity index is 1.71. The standard InChI is InChI=1S/C19H14Br2ClF3N4O2/c1-8-9(22)3-2-4-10(8)27-18(30)16-15(21)17-26-11(12-5-6-14(20)31-12)7-13(19(23,24)25)29(17)28-16/h2-6,11,13,26H,7H2,1H3,(H,27,30)/t11-,13+/m0/s1. The molecule has 31 heavy (non-hydrogen) atoms. The van der Waals surface area contributed by atoms with E-state index >= 15 is 0 Å². The summed E-state index contributed by atoms with van der Waals surface area (Å²) in [4.78, 5) is 12.8. The maximum Gasteiger partial charge on any atom is 0.410 e. The van der Waals surface area contributed by atoms with Crippen LogP contribution in [0.15, 0.2) is 43.9 Å². The highest BCUT2D eigenvalue weighted by Crippen LogP contribution is 2.46. The zero-order chi connectivity index (χ0) is 22.5. The van der Waals surface area contributed by atoms with Gasteiger partial charge in [-0.15, -0.1) is 0 Å². The van der Waals surface area contributed by atoms with Crippen LogP contribution in [0.2, 0.25) is 5.02 Å². The van der Waals surface area contributed by atoms with Gasteiger partial charge in [0.2, 0.25) is 0 Å². The first-order valence-electron chi connectivity index (χ1n) is 8.99. The van der Waals surface area contributed by atoms with E-state index in [1.165, 1.54) is 0 Å². The number of aromatic nitrogens is 2. The molecule has 4 rings (SSSR count). The number of rotatable bonds is 3. The van der Waals surface area contributed by atoms with Crippen LogP contribution in [0.25, 0.3) is 0 Å². The van der Waals surface area contributed by atoms with Crippen molar-refractivity contribution in [3.8, 4) is 0 Å². The molecule has 1 aromatic carbocycles. The third-order valence-corrected chi connectivity index (χ3v) is 6.55. The molecule has 3 heterocycles. The summed E-state index contributed by atoms with van der Waals surface area (Å²) in [6, 6.07) is 5.46. The van der Waals surface area contributed by atoms with Gasteiger partial charge in [0, 0.05) is 17.1 Å². The van der Waals surface area contributed by atoms with E-state index in [1.54, 1.807) is 37.3 Å². The third-order valence-electron chi connectivity index (χ3n) is 4.96. The number of benzene rings is 1. The average molecular weight is 583 g/mol. The minimum atomic E-state index is -4.58. The first-order valence-corrected chi connectivity index (χ1v) is 11.0. The summed E-state index contributed by atoms with van der Waals surface area (Å²) in [5.41, 5.74) is 0.888. The number of carbonyl (C=O) groups is 1. The number of nitrogens with zero attached hydrogens (tertiary/aromatic N) is 2. The number of amides is 1. The Morgan fingerprint density at radius 3 is 2.71 bits per heavy atom. The minimum absolute atomic E-state index is 0.0408. The number of furan rings is 1. The van der Waals surface area contributed by atoms with Gasteiger partial charge in [0.05, 0.1) is 10.5 Å². The summed E-state index contributed by atoms with van der Waals surface area (Å²) in [6.45, 7) is 1.72. The van der Waals surface area contributed by atoms with Crippen molar-refractivity contribution in [1.82, 2.24) is 9.78 Å². The Morgan fingerprint density at radius 2 is 2.06 bits per heavy atom. The van der Waals surface area contributed by atoms with Crippen molar-refractivity contribution in [1.29, 1.82) is 0 Å². The Bertz CT molecular complexity index is 1160. The van der Waals surface area contributed by atoms with Gasteiger partial charge in [-0.05, 0) is 68.6 Å². The van der Waals surface area contributed by atoms with Gasteiger partial charge in [-0.25, -0.2) is 4.68 Å². The molecule has 1 aliphatic heterocycles. The number of nitrogens with one attached hydrogen (secondary N) is 2. The van der Waals surface area contributed by atoms with Crippen molar-refractivity contribution >= 4 is 60.9 Å².